The van der Waals surface area contributed by atoms with Crippen LogP contribution in [0.5, 0.6) is 0 Å². The van der Waals surface area contributed by atoms with Crippen LogP contribution in [0.3, 0.4) is 0 Å². The second kappa shape index (κ2) is 8.74. The number of anilines is 1. The van der Waals surface area contributed by atoms with E-state index >= 15 is 0 Å². The lowest BCUT2D eigenvalue weighted by Gasteiger charge is -2.26. The van der Waals surface area contributed by atoms with Gasteiger partial charge in [0.2, 0.25) is 5.91 Å². The van der Waals surface area contributed by atoms with Gasteiger partial charge in [-0.25, -0.2) is 4.98 Å². The number of thioether (sulfide) groups is 1. The fourth-order valence-electron chi connectivity index (χ4n) is 3.62. The molecule has 1 saturated carbocycles. The summed E-state index contributed by atoms with van der Waals surface area (Å²) in [4.78, 5) is 28.4. The third kappa shape index (κ3) is 4.80. The predicted molar refractivity (Wildman–Crippen MR) is 110 cm³/mol. The molecule has 0 aliphatic heterocycles. The molecule has 6 heteroatoms. The molecule has 5 nitrogen and oxygen atoms in total. The summed E-state index contributed by atoms with van der Waals surface area (Å²) in [5.41, 5.74) is 3.62. The number of benzene rings is 1. The van der Waals surface area contributed by atoms with Crippen molar-refractivity contribution in [3.63, 3.8) is 0 Å². The number of rotatable bonds is 6. The lowest BCUT2D eigenvalue weighted by atomic mass is 9.95. The van der Waals surface area contributed by atoms with Gasteiger partial charge in [0.1, 0.15) is 0 Å². The van der Waals surface area contributed by atoms with E-state index in [1.807, 2.05) is 6.92 Å². The number of nitrogens with one attached hydrogen (secondary N) is 1. The van der Waals surface area contributed by atoms with Crippen molar-refractivity contribution < 1.29 is 9.59 Å². The number of nitrogens with zero attached hydrogens (tertiary/aromatic N) is 2. The molecule has 1 aromatic carbocycles. The number of Topliss-reactive ketones (excluding diaryl/α,β-unsaturated/α-hetero) is 1. The zero-order valence-corrected chi connectivity index (χ0v) is 17.1. The average molecular weight is 386 g/mol. The maximum absolute atomic E-state index is 12.6. The van der Waals surface area contributed by atoms with Crippen LogP contribution in [0.1, 0.15) is 66.8 Å². The summed E-state index contributed by atoms with van der Waals surface area (Å²) in [7, 11) is 0. The molecule has 2 aromatic rings. The van der Waals surface area contributed by atoms with E-state index in [1.54, 1.807) is 24.3 Å². The largest absolute Gasteiger partial charge is 0.326 e. The molecule has 0 spiro atoms. The standard InChI is InChI=1S/C21H27N3O2S/c1-14-15(2)24(19-7-5-4-6-8-19)21(22-14)27-13-20(26)17-9-11-18(12-10-17)23-16(3)25/h9-12,19H,4-8,13H2,1-3H3,(H,23,25). The Morgan fingerprint density at radius 3 is 2.44 bits per heavy atom. The van der Waals surface area contributed by atoms with Crippen molar-refractivity contribution in [2.45, 2.75) is 64.1 Å². The molecular weight excluding hydrogens is 358 g/mol. The van der Waals surface area contributed by atoms with Crippen molar-refractivity contribution in [3.05, 3.63) is 41.2 Å². The molecule has 0 radical (unpaired) electrons. The SMILES string of the molecule is CC(=O)Nc1ccc(C(=O)CSc2nc(C)c(C)n2C2CCCCC2)cc1. The molecule has 1 heterocycles. The number of hydrogen-bond donors (Lipinski definition) is 1. The number of hydrogen-bond acceptors (Lipinski definition) is 4. The van der Waals surface area contributed by atoms with Gasteiger partial charge >= 0.3 is 0 Å². The zero-order chi connectivity index (χ0) is 19.4. The highest BCUT2D eigenvalue weighted by Crippen LogP contribution is 2.34. The number of aromatic nitrogens is 2. The van der Waals surface area contributed by atoms with Crippen molar-refractivity contribution in [3.8, 4) is 0 Å². The van der Waals surface area contributed by atoms with E-state index in [4.69, 9.17) is 4.98 Å². The molecule has 0 atom stereocenters. The van der Waals surface area contributed by atoms with E-state index in [9.17, 15) is 9.59 Å². The second-order valence-corrected chi connectivity index (χ2v) is 8.14. The number of imidazole rings is 1. The molecule has 3 rings (SSSR count). The van der Waals surface area contributed by atoms with E-state index in [0.717, 1.165) is 10.9 Å². The Labute approximate surface area is 164 Å². The van der Waals surface area contributed by atoms with Crippen LogP contribution in [0.25, 0.3) is 0 Å². The van der Waals surface area contributed by atoms with Crippen molar-refractivity contribution in [1.82, 2.24) is 9.55 Å². The molecular formula is C21H27N3O2S. The first-order chi connectivity index (χ1) is 13.0. The molecule has 1 amide bonds. The van der Waals surface area contributed by atoms with Gasteiger partial charge in [0.25, 0.3) is 0 Å². The van der Waals surface area contributed by atoms with Gasteiger partial charge in [-0.05, 0) is 51.0 Å². The molecule has 0 bridgehead atoms. The Morgan fingerprint density at radius 2 is 1.81 bits per heavy atom. The smallest absolute Gasteiger partial charge is 0.221 e. The summed E-state index contributed by atoms with van der Waals surface area (Å²) in [6.45, 7) is 5.64. The molecule has 1 aliphatic rings. The Bertz CT molecular complexity index is 821. The first-order valence-corrected chi connectivity index (χ1v) is 10.5. The van der Waals surface area contributed by atoms with Gasteiger partial charge < -0.3 is 9.88 Å². The maximum Gasteiger partial charge on any atom is 0.221 e. The molecule has 1 fully saturated rings. The number of carbonyl (C=O) groups excluding carboxylic acids is 2. The monoisotopic (exact) mass is 385 g/mol. The molecule has 27 heavy (non-hydrogen) atoms. The molecule has 1 N–H and O–H groups in total. The van der Waals surface area contributed by atoms with Crippen LogP contribution in [0, 0.1) is 13.8 Å². The fourth-order valence-corrected chi connectivity index (χ4v) is 4.68. The molecule has 1 aromatic heterocycles. The lowest BCUT2D eigenvalue weighted by Crippen LogP contribution is -2.15. The summed E-state index contributed by atoms with van der Waals surface area (Å²) in [6, 6.07) is 7.55. The first-order valence-electron chi connectivity index (χ1n) is 9.55. The van der Waals surface area contributed by atoms with Crippen LogP contribution < -0.4 is 5.32 Å². The van der Waals surface area contributed by atoms with Crippen LogP contribution in [-0.4, -0.2) is 27.0 Å². The minimum atomic E-state index is -0.120. The number of ketones is 1. The average Bonchev–Trinajstić information content (AvgIpc) is 2.94. The fraction of sp³-hybridized carbons (Fsp3) is 0.476. The Hall–Kier alpha value is -2.08. The Balaban J connectivity index is 1.68. The minimum Gasteiger partial charge on any atom is -0.326 e. The highest BCUT2D eigenvalue weighted by molar-refractivity contribution is 7.99. The maximum atomic E-state index is 12.6. The van der Waals surface area contributed by atoms with Crippen molar-refractivity contribution in [2.24, 2.45) is 0 Å². The topological polar surface area (TPSA) is 64.0 Å². The number of carbonyl (C=O) groups is 2. The van der Waals surface area contributed by atoms with E-state index < -0.39 is 0 Å². The lowest BCUT2D eigenvalue weighted by molar-refractivity contribution is -0.114. The van der Waals surface area contributed by atoms with Gasteiger partial charge in [0.05, 0.1) is 11.4 Å². The van der Waals surface area contributed by atoms with E-state index in [0.29, 0.717) is 23.0 Å². The van der Waals surface area contributed by atoms with Crippen LogP contribution in [0.2, 0.25) is 0 Å². The van der Waals surface area contributed by atoms with E-state index in [1.165, 1.54) is 56.5 Å². The summed E-state index contributed by atoms with van der Waals surface area (Å²) in [5.74, 6) is 0.315. The highest BCUT2D eigenvalue weighted by atomic mass is 32.2. The summed E-state index contributed by atoms with van der Waals surface area (Å²) in [5, 5.41) is 3.67. The van der Waals surface area contributed by atoms with Gasteiger partial charge in [0.15, 0.2) is 10.9 Å². The van der Waals surface area contributed by atoms with Crippen LogP contribution in [-0.2, 0) is 4.79 Å². The van der Waals surface area contributed by atoms with E-state index in [-0.39, 0.29) is 11.7 Å². The van der Waals surface area contributed by atoms with Crippen LogP contribution >= 0.6 is 11.8 Å². The summed E-state index contributed by atoms with van der Waals surface area (Å²) in [6.07, 6.45) is 6.25. The Kier molecular flexibility index (Phi) is 6.37. The van der Waals surface area contributed by atoms with Crippen LogP contribution in [0.4, 0.5) is 5.69 Å². The molecule has 1 aliphatic carbocycles. The summed E-state index contributed by atoms with van der Waals surface area (Å²) >= 11 is 1.53. The van der Waals surface area contributed by atoms with Gasteiger partial charge in [-0.3, -0.25) is 9.59 Å². The Morgan fingerprint density at radius 1 is 1.15 bits per heavy atom. The van der Waals surface area contributed by atoms with Gasteiger partial charge in [-0.1, -0.05) is 31.0 Å². The predicted octanol–water partition coefficient (Wildman–Crippen LogP) is 4.94. The summed E-state index contributed by atoms with van der Waals surface area (Å²) < 4.78 is 2.35. The highest BCUT2D eigenvalue weighted by Gasteiger charge is 2.22. The number of amides is 1. The van der Waals surface area contributed by atoms with Gasteiger partial charge in [-0.2, -0.15) is 0 Å². The molecule has 0 saturated heterocycles. The number of aryl methyl sites for hydroxylation is 1. The quantitative estimate of drug-likeness (QED) is 0.565. The minimum absolute atomic E-state index is 0.0721. The molecule has 144 valence electrons. The normalized spacial score (nSPS) is 14.9. The molecule has 0 unspecified atom stereocenters. The third-order valence-electron chi connectivity index (χ3n) is 5.15. The van der Waals surface area contributed by atoms with Crippen molar-refractivity contribution in [1.29, 1.82) is 0 Å². The third-order valence-corrected chi connectivity index (χ3v) is 6.11. The van der Waals surface area contributed by atoms with Crippen molar-refractivity contribution >= 4 is 29.1 Å². The van der Waals surface area contributed by atoms with E-state index in [2.05, 4.69) is 16.8 Å². The van der Waals surface area contributed by atoms with Crippen molar-refractivity contribution in [2.75, 3.05) is 11.1 Å². The van der Waals surface area contributed by atoms with Gasteiger partial charge in [0, 0.05) is 29.9 Å². The second-order valence-electron chi connectivity index (χ2n) is 7.20. The first kappa shape index (κ1) is 19.7. The zero-order valence-electron chi connectivity index (χ0n) is 16.2. The van der Waals surface area contributed by atoms with Crippen LogP contribution in [0.15, 0.2) is 29.4 Å². The van der Waals surface area contributed by atoms with Gasteiger partial charge in [-0.15, -0.1) is 0 Å².